The van der Waals surface area contributed by atoms with Gasteiger partial charge in [0.05, 0.1) is 11.2 Å². The van der Waals surface area contributed by atoms with Crippen LogP contribution >= 0.6 is 0 Å². The molecule has 1 saturated heterocycles. The largest absolute Gasteiger partial charge is 0.458 e. The number of hydrogen-bond acceptors (Lipinski definition) is 2. The van der Waals surface area contributed by atoms with E-state index in [4.69, 9.17) is 9.31 Å². The molecule has 3 heteroatoms. The highest BCUT2D eigenvalue weighted by atomic mass is 16.7. The highest BCUT2D eigenvalue weighted by Crippen LogP contribution is 2.40. The highest BCUT2D eigenvalue weighted by molar-refractivity contribution is 6.45. The Morgan fingerprint density at radius 3 is 1.88 bits per heavy atom. The van der Waals surface area contributed by atoms with Crippen molar-refractivity contribution in [3.05, 3.63) is 71.8 Å². The maximum Gasteiger partial charge on any atom is 0.458 e. The Bertz CT molecular complexity index is 651. The highest BCUT2D eigenvalue weighted by Gasteiger charge is 2.51. The molecule has 132 valence electrons. The first-order valence-electron chi connectivity index (χ1n) is 9.32. The van der Waals surface area contributed by atoms with Gasteiger partial charge in [-0.25, -0.2) is 0 Å². The van der Waals surface area contributed by atoms with Crippen LogP contribution in [0.1, 0.15) is 51.2 Å². The van der Waals surface area contributed by atoms with E-state index in [0.717, 1.165) is 19.2 Å². The van der Waals surface area contributed by atoms with Gasteiger partial charge in [0.2, 0.25) is 0 Å². The van der Waals surface area contributed by atoms with Crippen LogP contribution in [0.3, 0.4) is 0 Å². The molecule has 0 spiro atoms. The quantitative estimate of drug-likeness (QED) is 0.649. The van der Waals surface area contributed by atoms with Crippen LogP contribution in [0, 0.1) is 0 Å². The van der Waals surface area contributed by atoms with Crippen molar-refractivity contribution in [3.63, 3.8) is 0 Å². The fourth-order valence-electron chi connectivity index (χ4n) is 3.43. The van der Waals surface area contributed by atoms with Crippen molar-refractivity contribution >= 4 is 7.12 Å². The third-order valence-corrected chi connectivity index (χ3v) is 5.67. The van der Waals surface area contributed by atoms with E-state index in [2.05, 4.69) is 88.4 Å². The molecule has 1 atom stereocenters. The summed E-state index contributed by atoms with van der Waals surface area (Å²) in [7, 11) is -0.147. The molecule has 1 unspecified atom stereocenters. The molecule has 1 heterocycles. The summed E-state index contributed by atoms with van der Waals surface area (Å²) in [6, 6.07) is 21.5. The average molecular weight is 336 g/mol. The van der Waals surface area contributed by atoms with Crippen molar-refractivity contribution in [1.29, 1.82) is 0 Å². The van der Waals surface area contributed by atoms with Crippen LogP contribution in [0.15, 0.2) is 60.7 Å². The molecular weight excluding hydrogens is 307 g/mol. The summed E-state index contributed by atoms with van der Waals surface area (Å²) in [5.74, 6) is 0.427. The van der Waals surface area contributed by atoms with Gasteiger partial charge in [0.25, 0.3) is 0 Å². The van der Waals surface area contributed by atoms with Crippen molar-refractivity contribution in [2.45, 2.75) is 64.0 Å². The summed E-state index contributed by atoms with van der Waals surface area (Å²) < 4.78 is 12.5. The predicted molar refractivity (Wildman–Crippen MR) is 105 cm³/mol. The molecule has 1 aliphatic heterocycles. The predicted octanol–water partition coefficient (Wildman–Crippen LogP) is 5.50. The molecule has 25 heavy (non-hydrogen) atoms. The first kappa shape index (κ1) is 18.2. The van der Waals surface area contributed by atoms with Crippen molar-refractivity contribution in [2.24, 2.45) is 0 Å². The van der Waals surface area contributed by atoms with E-state index in [1.54, 1.807) is 0 Å². The molecule has 2 aromatic rings. The van der Waals surface area contributed by atoms with Gasteiger partial charge in [-0.1, -0.05) is 60.7 Å². The normalized spacial score (nSPS) is 19.8. The smallest absolute Gasteiger partial charge is 0.403 e. The first-order valence-corrected chi connectivity index (χ1v) is 9.32. The van der Waals surface area contributed by atoms with Gasteiger partial charge in [-0.3, -0.25) is 0 Å². The third kappa shape index (κ3) is 4.34. The van der Waals surface area contributed by atoms with Crippen molar-refractivity contribution in [3.8, 4) is 0 Å². The summed E-state index contributed by atoms with van der Waals surface area (Å²) in [6.07, 6.45) is 3.06. The molecule has 0 saturated carbocycles. The van der Waals surface area contributed by atoms with Gasteiger partial charge in [-0.05, 0) is 63.9 Å². The lowest BCUT2D eigenvalue weighted by Crippen LogP contribution is -2.41. The van der Waals surface area contributed by atoms with Gasteiger partial charge in [-0.2, -0.15) is 0 Å². The molecule has 3 rings (SSSR count). The lowest BCUT2D eigenvalue weighted by Gasteiger charge is -2.32. The van der Waals surface area contributed by atoms with Crippen LogP contribution in [-0.4, -0.2) is 18.3 Å². The molecule has 0 radical (unpaired) electrons. The summed E-state index contributed by atoms with van der Waals surface area (Å²) in [6.45, 7) is 8.48. The SMILES string of the molecule is CC1(C)OB(CC(CCc2ccccc2)c2ccccc2)OC1(C)C. The Hall–Kier alpha value is -1.58. The van der Waals surface area contributed by atoms with E-state index in [1.807, 2.05) is 0 Å². The van der Waals surface area contributed by atoms with E-state index >= 15 is 0 Å². The van der Waals surface area contributed by atoms with Crippen LogP contribution in [0.2, 0.25) is 6.32 Å². The Kier molecular flexibility index (Phi) is 5.36. The van der Waals surface area contributed by atoms with Gasteiger partial charge in [0.1, 0.15) is 0 Å². The topological polar surface area (TPSA) is 18.5 Å². The minimum atomic E-state index is -0.266. The molecule has 1 aliphatic rings. The maximum absolute atomic E-state index is 6.25. The second-order valence-electron chi connectivity index (χ2n) is 8.05. The van der Waals surface area contributed by atoms with Crippen LogP contribution in [0.5, 0.6) is 0 Å². The molecule has 0 N–H and O–H groups in total. The van der Waals surface area contributed by atoms with E-state index in [-0.39, 0.29) is 18.3 Å². The lowest BCUT2D eigenvalue weighted by atomic mass is 9.73. The number of benzene rings is 2. The molecule has 2 nitrogen and oxygen atoms in total. The van der Waals surface area contributed by atoms with Gasteiger partial charge < -0.3 is 9.31 Å². The maximum atomic E-state index is 6.25. The molecule has 0 bridgehead atoms. The van der Waals surface area contributed by atoms with Crippen LogP contribution < -0.4 is 0 Å². The summed E-state index contributed by atoms with van der Waals surface area (Å²) in [5.41, 5.74) is 2.22. The standard InChI is InChI=1S/C22H29BO2/c1-21(2)22(3,4)25-23(24-21)17-20(19-13-9-6-10-14-19)16-15-18-11-7-5-8-12-18/h5-14,20H,15-17H2,1-4H3. The van der Waals surface area contributed by atoms with E-state index < -0.39 is 0 Å². The zero-order valence-electron chi connectivity index (χ0n) is 15.9. The molecule has 2 aromatic carbocycles. The van der Waals surface area contributed by atoms with Gasteiger partial charge in [0.15, 0.2) is 0 Å². The molecule has 0 aromatic heterocycles. The average Bonchev–Trinajstić information content (AvgIpc) is 2.80. The van der Waals surface area contributed by atoms with Crippen molar-refractivity contribution in [2.75, 3.05) is 0 Å². The van der Waals surface area contributed by atoms with Crippen molar-refractivity contribution < 1.29 is 9.31 Å². The lowest BCUT2D eigenvalue weighted by molar-refractivity contribution is 0.00578. The minimum Gasteiger partial charge on any atom is -0.403 e. The van der Waals surface area contributed by atoms with Crippen LogP contribution in [0.25, 0.3) is 0 Å². The Balaban J connectivity index is 1.71. The fourth-order valence-corrected chi connectivity index (χ4v) is 3.43. The zero-order chi connectivity index (χ0) is 17.9. The van der Waals surface area contributed by atoms with Gasteiger partial charge >= 0.3 is 7.12 Å². The number of aryl methyl sites for hydroxylation is 1. The second-order valence-corrected chi connectivity index (χ2v) is 8.05. The first-order chi connectivity index (χ1) is 11.9. The van der Waals surface area contributed by atoms with E-state index in [9.17, 15) is 0 Å². The number of hydrogen-bond donors (Lipinski definition) is 0. The third-order valence-electron chi connectivity index (χ3n) is 5.67. The Morgan fingerprint density at radius 1 is 0.800 bits per heavy atom. The minimum absolute atomic E-state index is 0.147. The van der Waals surface area contributed by atoms with E-state index in [1.165, 1.54) is 11.1 Å². The summed E-state index contributed by atoms with van der Waals surface area (Å²) >= 11 is 0. The monoisotopic (exact) mass is 336 g/mol. The van der Waals surface area contributed by atoms with Crippen molar-refractivity contribution in [1.82, 2.24) is 0 Å². The molecule has 1 fully saturated rings. The van der Waals surface area contributed by atoms with Gasteiger partial charge in [-0.15, -0.1) is 0 Å². The van der Waals surface area contributed by atoms with Crippen LogP contribution in [0.4, 0.5) is 0 Å². The molecule has 0 amide bonds. The summed E-state index contributed by atoms with van der Waals surface area (Å²) in [4.78, 5) is 0. The Morgan fingerprint density at radius 2 is 1.32 bits per heavy atom. The molecular formula is C22H29BO2. The molecule has 0 aliphatic carbocycles. The van der Waals surface area contributed by atoms with Gasteiger partial charge in [0, 0.05) is 0 Å². The van der Waals surface area contributed by atoms with E-state index in [0.29, 0.717) is 5.92 Å². The Labute approximate surface area is 152 Å². The summed E-state index contributed by atoms with van der Waals surface area (Å²) in [5, 5.41) is 0. The van der Waals surface area contributed by atoms with Crippen LogP contribution in [-0.2, 0) is 15.7 Å². The number of rotatable bonds is 6. The zero-order valence-corrected chi connectivity index (χ0v) is 15.9. The fraction of sp³-hybridized carbons (Fsp3) is 0.455. The second kappa shape index (κ2) is 7.35.